The predicted octanol–water partition coefficient (Wildman–Crippen LogP) is 4.95. The topological polar surface area (TPSA) is 75.3 Å². The Kier molecular flexibility index (Phi) is 8.29. The Morgan fingerprint density at radius 1 is 1.00 bits per heavy atom. The molecular formula is C27H35NO6. The lowest BCUT2D eigenvalue weighted by Gasteiger charge is -2.21. The van der Waals surface area contributed by atoms with E-state index in [0.717, 1.165) is 66.4 Å². The quantitative estimate of drug-likeness (QED) is 0.521. The number of hydrogen-bond acceptors (Lipinski definition) is 7. The van der Waals surface area contributed by atoms with Crippen LogP contribution >= 0.6 is 0 Å². The Bertz CT molecular complexity index is 954. The maximum atomic E-state index is 12.4. The minimum atomic E-state index is -0.231. The molecule has 0 aliphatic carbocycles. The summed E-state index contributed by atoms with van der Waals surface area (Å²) in [6, 6.07) is 10.2. The SMILES string of the molecule is COc1cc(-c2ccc(NOC(=O)C3CCOCC3)cc2CCC2CCOC2)cc(OC)c1C. The van der Waals surface area contributed by atoms with E-state index in [0.29, 0.717) is 32.0 Å². The molecule has 0 aromatic heterocycles. The van der Waals surface area contributed by atoms with Crippen LogP contribution in [0.15, 0.2) is 30.3 Å². The first-order valence-corrected chi connectivity index (χ1v) is 12.1. The number of anilines is 1. The lowest BCUT2D eigenvalue weighted by atomic mass is 9.92. The van der Waals surface area contributed by atoms with Crippen molar-refractivity contribution in [1.29, 1.82) is 0 Å². The van der Waals surface area contributed by atoms with E-state index in [-0.39, 0.29) is 11.9 Å². The Labute approximate surface area is 201 Å². The third-order valence-electron chi connectivity index (χ3n) is 6.84. The second-order valence-electron chi connectivity index (χ2n) is 9.06. The van der Waals surface area contributed by atoms with Gasteiger partial charge in [0.25, 0.3) is 0 Å². The molecule has 2 fully saturated rings. The van der Waals surface area contributed by atoms with Crippen molar-refractivity contribution in [2.45, 2.75) is 39.0 Å². The van der Waals surface area contributed by atoms with Gasteiger partial charge in [0.1, 0.15) is 11.5 Å². The highest BCUT2D eigenvalue weighted by molar-refractivity contribution is 5.75. The van der Waals surface area contributed by atoms with Crippen molar-refractivity contribution in [3.63, 3.8) is 0 Å². The van der Waals surface area contributed by atoms with Crippen LogP contribution in [0.2, 0.25) is 0 Å². The summed E-state index contributed by atoms with van der Waals surface area (Å²) in [4.78, 5) is 17.9. The summed E-state index contributed by atoms with van der Waals surface area (Å²) < 4.78 is 22.1. The van der Waals surface area contributed by atoms with Crippen LogP contribution in [0.1, 0.15) is 36.8 Å². The molecule has 0 saturated carbocycles. The third-order valence-corrected chi connectivity index (χ3v) is 6.84. The number of hydrogen-bond donors (Lipinski definition) is 1. The second-order valence-corrected chi connectivity index (χ2v) is 9.06. The van der Waals surface area contributed by atoms with E-state index >= 15 is 0 Å². The summed E-state index contributed by atoms with van der Waals surface area (Å²) in [5, 5.41) is 0. The largest absolute Gasteiger partial charge is 0.496 e. The van der Waals surface area contributed by atoms with Gasteiger partial charge in [-0.1, -0.05) is 6.07 Å². The van der Waals surface area contributed by atoms with Gasteiger partial charge in [-0.15, -0.1) is 0 Å². The minimum Gasteiger partial charge on any atom is -0.496 e. The Morgan fingerprint density at radius 3 is 2.35 bits per heavy atom. The van der Waals surface area contributed by atoms with E-state index in [1.165, 1.54) is 5.56 Å². The molecule has 2 heterocycles. The van der Waals surface area contributed by atoms with E-state index in [1.807, 2.05) is 25.1 Å². The van der Waals surface area contributed by atoms with Gasteiger partial charge in [-0.05, 0) is 85.9 Å². The van der Waals surface area contributed by atoms with E-state index in [2.05, 4.69) is 17.6 Å². The van der Waals surface area contributed by atoms with Gasteiger partial charge in [0.15, 0.2) is 0 Å². The van der Waals surface area contributed by atoms with E-state index in [4.69, 9.17) is 23.8 Å². The molecule has 1 N–H and O–H groups in total. The van der Waals surface area contributed by atoms with Crippen LogP contribution in [-0.2, 0) is 25.5 Å². The molecular weight excluding hydrogens is 434 g/mol. The zero-order valence-corrected chi connectivity index (χ0v) is 20.4. The molecule has 0 bridgehead atoms. The highest BCUT2D eigenvalue weighted by Gasteiger charge is 2.24. The molecule has 1 atom stereocenters. The van der Waals surface area contributed by atoms with Crippen LogP contribution in [0.3, 0.4) is 0 Å². The second kappa shape index (κ2) is 11.6. The average Bonchev–Trinajstić information content (AvgIpc) is 3.40. The van der Waals surface area contributed by atoms with Crippen molar-refractivity contribution in [2.24, 2.45) is 11.8 Å². The van der Waals surface area contributed by atoms with Gasteiger partial charge in [0, 0.05) is 32.0 Å². The van der Waals surface area contributed by atoms with Crippen molar-refractivity contribution in [1.82, 2.24) is 0 Å². The molecule has 7 heteroatoms. The number of rotatable bonds is 9. The van der Waals surface area contributed by atoms with Gasteiger partial charge in [0.2, 0.25) is 0 Å². The van der Waals surface area contributed by atoms with Crippen LogP contribution in [-0.4, -0.2) is 46.6 Å². The van der Waals surface area contributed by atoms with Crippen molar-refractivity contribution in [2.75, 3.05) is 46.1 Å². The number of ether oxygens (including phenoxy) is 4. The summed E-state index contributed by atoms with van der Waals surface area (Å²) in [5.41, 5.74) is 7.92. The first kappa shape index (κ1) is 24.4. The van der Waals surface area contributed by atoms with Crippen LogP contribution in [0.25, 0.3) is 11.1 Å². The third kappa shape index (κ3) is 5.83. The van der Waals surface area contributed by atoms with Gasteiger partial charge in [-0.3, -0.25) is 0 Å². The molecule has 2 saturated heterocycles. The molecule has 2 aromatic carbocycles. The lowest BCUT2D eigenvalue weighted by Crippen LogP contribution is -2.26. The first-order chi connectivity index (χ1) is 16.6. The molecule has 0 spiro atoms. The highest BCUT2D eigenvalue weighted by atomic mass is 16.7. The van der Waals surface area contributed by atoms with Crippen LogP contribution in [0, 0.1) is 18.8 Å². The van der Waals surface area contributed by atoms with Gasteiger partial charge in [-0.2, -0.15) is 0 Å². The van der Waals surface area contributed by atoms with Gasteiger partial charge in [-0.25, -0.2) is 10.3 Å². The first-order valence-electron chi connectivity index (χ1n) is 12.1. The highest BCUT2D eigenvalue weighted by Crippen LogP contribution is 2.37. The standard InChI is InChI=1S/C27H35NO6/c1-18-25(30-2)15-22(16-26(18)31-3)24-7-6-23(14-21(24)5-4-19-8-11-33-17-19)28-34-27(29)20-9-12-32-13-10-20/h6-7,14-16,19-20,28H,4-5,8-13,17H2,1-3H3. The number of methoxy groups -OCH3 is 2. The molecule has 2 aliphatic heterocycles. The minimum absolute atomic E-state index is 0.116. The molecule has 7 nitrogen and oxygen atoms in total. The van der Waals surface area contributed by atoms with Gasteiger partial charge in [0.05, 0.1) is 25.8 Å². The monoisotopic (exact) mass is 469 g/mol. The van der Waals surface area contributed by atoms with Crippen molar-refractivity contribution in [3.8, 4) is 22.6 Å². The summed E-state index contributed by atoms with van der Waals surface area (Å²) in [6.07, 6.45) is 4.43. The number of nitrogens with one attached hydrogen (secondary N) is 1. The zero-order valence-electron chi connectivity index (χ0n) is 20.4. The molecule has 184 valence electrons. The summed E-state index contributed by atoms with van der Waals surface area (Å²) in [5.74, 6) is 1.80. The van der Waals surface area contributed by atoms with Gasteiger partial charge < -0.3 is 23.8 Å². The molecule has 1 unspecified atom stereocenters. The molecule has 2 aliphatic rings. The fourth-order valence-electron chi connectivity index (χ4n) is 4.68. The fraction of sp³-hybridized carbons (Fsp3) is 0.519. The van der Waals surface area contributed by atoms with Crippen molar-refractivity contribution >= 4 is 11.7 Å². The van der Waals surface area contributed by atoms with E-state index < -0.39 is 0 Å². The number of carbonyl (C=O) groups excluding carboxylic acids is 1. The Balaban J connectivity index is 1.57. The van der Waals surface area contributed by atoms with Crippen LogP contribution in [0.5, 0.6) is 11.5 Å². The summed E-state index contributed by atoms with van der Waals surface area (Å²) >= 11 is 0. The maximum absolute atomic E-state index is 12.4. The molecule has 0 amide bonds. The van der Waals surface area contributed by atoms with E-state index in [9.17, 15) is 4.79 Å². The maximum Gasteiger partial charge on any atom is 0.335 e. The lowest BCUT2D eigenvalue weighted by molar-refractivity contribution is -0.148. The van der Waals surface area contributed by atoms with Crippen molar-refractivity contribution < 1.29 is 28.6 Å². The number of aryl methyl sites for hydroxylation is 1. The predicted molar refractivity (Wildman–Crippen MR) is 130 cm³/mol. The van der Waals surface area contributed by atoms with Gasteiger partial charge >= 0.3 is 5.97 Å². The number of benzene rings is 2. The normalized spacial score (nSPS) is 18.5. The Hall–Kier alpha value is -2.77. The fourth-order valence-corrected chi connectivity index (χ4v) is 4.68. The zero-order chi connectivity index (χ0) is 23.9. The summed E-state index contributed by atoms with van der Waals surface area (Å²) in [7, 11) is 3.35. The van der Waals surface area contributed by atoms with E-state index in [1.54, 1.807) is 14.2 Å². The van der Waals surface area contributed by atoms with Crippen LogP contribution in [0.4, 0.5) is 5.69 Å². The average molecular weight is 470 g/mol. The molecule has 2 aromatic rings. The number of carbonyl (C=O) groups is 1. The smallest absolute Gasteiger partial charge is 0.335 e. The van der Waals surface area contributed by atoms with Crippen molar-refractivity contribution in [3.05, 3.63) is 41.5 Å². The molecule has 34 heavy (non-hydrogen) atoms. The Morgan fingerprint density at radius 2 is 1.71 bits per heavy atom. The van der Waals surface area contributed by atoms with Crippen LogP contribution < -0.4 is 15.0 Å². The molecule has 0 radical (unpaired) electrons. The molecule has 4 rings (SSSR count). The summed E-state index contributed by atoms with van der Waals surface area (Å²) in [6.45, 7) is 4.86.